The first-order valence-corrected chi connectivity index (χ1v) is 11.5. The summed E-state index contributed by atoms with van der Waals surface area (Å²) in [5.41, 5.74) is 5.51. The first-order valence-electron chi connectivity index (χ1n) is 10.7. The molecular formula is C26H25N3O4S. The maximum Gasteiger partial charge on any atom is 0.294 e. The maximum atomic E-state index is 12.9. The molecule has 174 valence electrons. The van der Waals surface area contributed by atoms with Crippen LogP contribution in [0.15, 0.2) is 59.6 Å². The van der Waals surface area contributed by atoms with Crippen LogP contribution in [0.5, 0.6) is 5.75 Å². The summed E-state index contributed by atoms with van der Waals surface area (Å²) in [7, 11) is 1.62. The number of carbonyl (C=O) groups excluding carboxylic acids is 3. The third kappa shape index (κ3) is 4.92. The zero-order valence-electron chi connectivity index (χ0n) is 19.4. The summed E-state index contributed by atoms with van der Waals surface area (Å²) in [5.74, 6) is -0.127. The topological polar surface area (TPSA) is 80.6 Å². The minimum atomic E-state index is -0.472. The second-order valence-electron chi connectivity index (χ2n) is 8.10. The highest BCUT2D eigenvalue weighted by atomic mass is 32.2. The molecule has 8 heteroatoms. The molecule has 34 heavy (non-hydrogen) atoms. The fourth-order valence-corrected chi connectivity index (χ4v) is 4.49. The van der Waals surface area contributed by atoms with Gasteiger partial charge in [-0.05, 0) is 97.8 Å². The number of anilines is 1. The third-order valence-electron chi connectivity index (χ3n) is 5.65. The molecule has 1 N–H and O–H groups in total. The Balaban J connectivity index is 1.47. The SMILES string of the molecule is COc1ccc(-n2cc(/C=C3/SC(=O)N(CC(=O)Nc4ccc(C)c(C)c4)C3=O)cc2C)cc1. The number of nitrogens with zero attached hydrogens (tertiary/aromatic N) is 2. The number of carbonyl (C=O) groups is 3. The van der Waals surface area contributed by atoms with Gasteiger partial charge in [0.05, 0.1) is 12.0 Å². The average molecular weight is 476 g/mol. The van der Waals surface area contributed by atoms with Crippen molar-refractivity contribution in [1.82, 2.24) is 9.47 Å². The maximum absolute atomic E-state index is 12.9. The predicted octanol–water partition coefficient (Wildman–Crippen LogP) is 5.09. The second-order valence-corrected chi connectivity index (χ2v) is 9.09. The Morgan fingerprint density at radius 2 is 1.76 bits per heavy atom. The van der Waals surface area contributed by atoms with Crippen LogP contribution in [0, 0.1) is 20.8 Å². The van der Waals surface area contributed by atoms with Crippen molar-refractivity contribution in [3.63, 3.8) is 0 Å². The quantitative estimate of drug-likeness (QED) is 0.503. The number of ether oxygens (including phenoxy) is 1. The minimum absolute atomic E-state index is 0.288. The zero-order valence-corrected chi connectivity index (χ0v) is 20.2. The lowest BCUT2D eigenvalue weighted by atomic mass is 10.1. The van der Waals surface area contributed by atoms with Crippen molar-refractivity contribution in [2.24, 2.45) is 0 Å². The summed E-state index contributed by atoms with van der Waals surface area (Å²) < 4.78 is 7.20. The molecule has 3 aromatic rings. The monoisotopic (exact) mass is 475 g/mol. The summed E-state index contributed by atoms with van der Waals surface area (Å²) in [5, 5.41) is 2.29. The predicted molar refractivity (Wildman–Crippen MR) is 134 cm³/mol. The lowest BCUT2D eigenvalue weighted by molar-refractivity contribution is -0.127. The lowest BCUT2D eigenvalue weighted by Gasteiger charge is -2.13. The molecule has 0 saturated carbocycles. The van der Waals surface area contributed by atoms with E-state index in [1.54, 1.807) is 19.3 Å². The van der Waals surface area contributed by atoms with Crippen molar-refractivity contribution < 1.29 is 19.1 Å². The van der Waals surface area contributed by atoms with Crippen LogP contribution < -0.4 is 10.1 Å². The Hall–Kier alpha value is -3.78. The van der Waals surface area contributed by atoms with Gasteiger partial charge in [0.1, 0.15) is 12.3 Å². The third-order valence-corrected chi connectivity index (χ3v) is 6.56. The highest BCUT2D eigenvalue weighted by Gasteiger charge is 2.36. The van der Waals surface area contributed by atoms with E-state index in [9.17, 15) is 14.4 Å². The normalized spacial score (nSPS) is 14.7. The van der Waals surface area contributed by atoms with E-state index in [2.05, 4.69) is 5.32 Å². The fourth-order valence-electron chi connectivity index (χ4n) is 3.65. The molecule has 0 spiro atoms. The van der Waals surface area contributed by atoms with Gasteiger partial charge in [-0.25, -0.2) is 0 Å². The van der Waals surface area contributed by atoms with Gasteiger partial charge in [0.25, 0.3) is 11.1 Å². The van der Waals surface area contributed by atoms with E-state index in [4.69, 9.17) is 4.74 Å². The van der Waals surface area contributed by atoms with Gasteiger partial charge >= 0.3 is 0 Å². The van der Waals surface area contributed by atoms with Crippen molar-refractivity contribution in [3.05, 3.63) is 82.0 Å². The Morgan fingerprint density at radius 3 is 2.44 bits per heavy atom. The molecule has 7 nitrogen and oxygen atoms in total. The summed E-state index contributed by atoms with van der Waals surface area (Å²) in [4.78, 5) is 39.0. The first kappa shape index (κ1) is 23.4. The summed E-state index contributed by atoms with van der Waals surface area (Å²) >= 11 is 0.838. The van der Waals surface area contributed by atoms with E-state index in [1.807, 2.05) is 74.0 Å². The van der Waals surface area contributed by atoms with Gasteiger partial charge in [0.15, 0.2) is 0 Å². The van der Waals surface area contributed by atoms with Crippen LogP contribution in [0.25, 0.3) is 11.8 Å². The van der Waals surface area contributed by atoms with E-state index in [0.717, 1.165) is 50.5 Å². The van der Waals surface area contributed by atoms with Gasteiger partial charge in [-0.3, -0.25) is 19.3 Å². The number of rotatable bonds is 6. The van der Waals surface area contributed by atoms with E-state index in [-0.39, 0.29) is 11.4 Å². The highest BCUT2D eigenvalue weighted by molar-refractivity contribution is 8.18. The van der Waals surface area contributed by atoms with E-state index in [0.29, 0.717) is 5.69 Å². The number of hydrogen-bond acceptors (Lipinski definition) is 5. The zero-order chi connectivity index (χ0) is 24.4. The first-order chi connectivity index (χ1) is 16.2. The van der Waals surface area contributed by atoms with Gasteiger partial charge < -0.3 is 14.6 Å². The number of aryl methyl sites for hydroxylation is 3. The number of imide groups is 1. The van der Waals surface area contributed by atoms with Crippen molar-refractivity contribution >= 4 is 40.6 Å². The number of nitrogens with one attached hydrogen (secondary N) is 1. The van der Waals surface area contributed by atoms with Gasteiger partial charge in [-0.1, -0.05) is 6.07 Å². The van der Waals surface area contributed by atoms with E-state index >= 15 is 0 Å². The highest BCUT2D eigenvalue weighted by Crippen LogP contribution is 2.32. The molecule has 3 amide bonds. The fraction of sp³-hybridized carbons (Fsp3) is 0.192. The molecule has 2 heterocycles. The largest absolute Gasteiger partial charge is 0.497 e. The number of thioether (sulfide) groups is 1. The lowest BCUT2D eigenvalue weighted by Crippen LogP contribution is -2.36. The molecule has 2 aromatic carbocycles. The summed E-state index contributed by atoms with van der Waals surface area (Å²) in [6.45, 7) is 5.57. The van der Waals surface area contributed by atoms with Crippen LogP contribution >= 0.6 is 11.8 Å². The van der Waals surface area contributed by atoms with Crippen LogP contribution in [0.1, 0.15) is 22.4 Å². The van der Waals surface area contributed by atoms with E-state index < -0.39 is 17.1 Å². The summed E-state index contributed by atoms with van der Waals surface area (Å²) in [6, 6.07) is 15.1. The minimum Gasteiger partial charge on any atom is -0.497 e. The van der Waals surface area contributed by atoms with Gasteiger partial charge in [0, 0.05) is 23.3 Å². The Labute approximate surface area is 202 Å². The number of hydrogen-bond donors (Lipinski definition) is 1. The number of benzene rings is 2. The van der Waals surface area contributed by atoms with Crippen molar-refractivity contribution in [2.45, 2.75) is 20.8 Å². The Bertz CT molecular complexity index is 1310. The van der Waals surface area contributed by atoms with Crippen LogP contribution in [0.2, 0.25) is 0 Å². The summed E-state index contributed by atoms with van der Waals surface area (Å²) in [6.07, 6.45) is 3.58. The molecule has 1 fully saturated rings. The number of aromatic nitrogens is 1. The molecular weight excluding hydrogens is 450 g/mol. The Morgan fingerprint density at radius 1 is 1.03 bits per heavy atom. The number of methoxy groups -OCH3 is 1. The van der Waals surface area contributed by atoms with Crippen LogP contribution in [-0.2, 0) is 9.59 Å². The second kappa shape index (κ2) is 9.61. The standard InChI is InChI=1S/C26H25N3O4S/c1-16-5-6-20(11-17(16)2)27-24(30)15-29-25(31)23(34-26(29)32)13-19-12-18(3)28(14-19)21-7-9-22(33-4)10-8-21/h5-14H,15H2,1-4H3,(H,27,30)/b23-13+. The van der Waals surface area contributed by atoms with Gasteiger partial charge in [0.2, 0.25) is 5.91 Å². The molecule has 4 rings (SSSR count). The van der Waals surface area contributed by atoms with Crippen molar-refractivity contribution in [1.29, 1.82) is 0 Å². The van der Waals surface area contributed by atoms with Crippen molar-refractivity contribution in [3.8, 4) is 11.4 Å². The molecule has 0 radical (unpaired) electrons. The molecule has 0 atom stereocenters. The molecule has 0 aliphatic carbocycles. The van der Waals surface area contributed by atoms with Gasteiger partial charge in [-0.2, -0.15) is 0 Å². The van der Waals surface area contributed by atoms with Crippen LogP contribution in [-0.4, -0.2) is 40.2 Å². The van der Waals surface area contributed by atoms with Crippen molar-refractivity contribution in [2.75, 3.05) is 19.0 Å². The smallest absolute Gasteiger partial charge is 0.294 e. The Kier molecular flexibility index (Phi) is 6.61. The molecule has 1 aromatic heterocycles. The molecule has 1 aliphatic rings. The molecule has 1 aliphatic heterocycles. The molecule has 0 unspecified atom stereocenters. The van der Waals surface area contributed by atoms with E-state index in [1.165, 1.54) is 0 Å². The van der Waals surface area contributed by atoms with Gasteiger partial charge in [-0.15, -0.1) is 0 Å². The van der Waals surface area contributed by atoms with Crippen LogP contribution in [0.4, 0.5) is 10.5 Å². The molecule has 1 saturated heterocycles. The molecule has 0 bridgehead atoms. The number of amides is 3. The van der Waals surface area contributed by atoms with Crippen LogP contribution in [0.3, 0.4) is 0 Å². The average Bonchev–Trinajstić information content (AvgIpc) is 3.30.